The van der Waals surface area contributed by atoms with Gasteiger partial charge in [0.25, 0.3) is 0 Å². The topological polar surface area (TPSA) is 43.1 Å². The van der Waals surface area contributed by atoms with Gasteiger partial charge in [-0.25, -0.2) is 0 Å². The number of rotatable bonds is 3. The summed E-state index contributed by atoms with van der Waals surface area (Å²) in [5, 5.41) is 3.22. The Morgan fingerprint density at radius 2 is 2.08 bits per heavy atom. The van der Waals surface area contributed by atoms with Gasteiger partial charge in [-0.3, -0.25) is 0 Å². The Morgan fingerprint density at radius 1 is 1.38 bits per heavy atom. The summed E-state index contributed by atoms with van der Waals surface area (Å²) in [6.45, 7) is 4.09. The Morgan fingerprint density at radius 3 is 2.69 bits per heavy atom. The first-order chi connectivity index (χ1) is 6.24. The van der Waals surface area contributed by atoms with Crippen LogP contribution in [0.25, 0.3) is 0 Å². The first-order valence-corrected chi connectivity index (χ1v) is 4.22. The van der Waals surface area contributed by atoms with Crippen molar-refractivity contribution in [1.82, 2.24) is 0 Å². The molecule has 0 saturated carbocycles. The normalized spacial score (nSPS) is 9.46. The number of hydrogen-bond acceptors (Lipinski definition) is 2. The lowest BCUT2D eigenvalue weighted by atomic mass is 10.2. The number of anilines is 1. The van der Waals surface area contributed by atoms with E-state index < -0.39 is 0 Å². The Bertz CT molecular complexity index is 327. The van der Waals surface area contributed by atoms with Gasteiger partial charge >= 0.3 is 6.08 Å². The van der Waals surface area contributed by atoms with E-state index in [1.807, 2.05) is 38.1 Å². The molecular weight excluding hydrogens is 164 g/mol. The zero-order valence-corrected chi connectivity index (χ0v) is 7.79. The molecule has 68 valence electrons. The van der Waals surface area contributed by atoms with Crippen LogP contribution in [0.2, 0.25) is 0 Å². The summed E-state index contributed by atoms with van der Waals surface area (Å²) in [5.41, 5.74) is 1.67. The van der Waals surface area contributed by atoms with Gasteiger partial charge in [0.1, 0.15) is 5.69 Å². The first-order valence-electron chi connectivity index (χ1n) is 4.22. The molecule has 0 heterocycles. The molecule has 0 fully saturated rings. The smallest absolute Gasteiger partial charge is 0.377 e. The average Bonchev–Trinajstić information content (AvgIpc) is 2.08. The van der Waals surface area contributed by atoms with Crippen molar-refractivity contribution in [3.63, 3.8) is 0 Å². The zero-order chi connectivity index (χ0) is 9.68. The SMILES string of the molecule is CC(C)Nc1ccccc1[NH+]=C=O. The highest BCUT2D eigenvalue weighted by Crippen LogP contribution is 2.15. The highest BCUT2D eigenvalue weighted by Gasteiger charge is 2.05. The van der Waals surface area contributed by atoms with Gasteiger partial charge in [-0.05, 0) is 19.9 Å². The van der Waals surface area contributed by atoms with Gasteiger partial charge in [0.15, 0.2) is 0 Å². The summed E-state index contributed by atoms with van der Waals surface area (Å²) < 4.78 is 0. The number of hydrogen-bond donors (Lipinski definition) is 2. The summed E-state index contributed by atoms with van der Waals surface area (Å²) in [6, 6.07) is 7.87. The van der Waals surface area contributed by atoms with E-state index in [1.54, 1.807) is 6.08 Å². The van der Waals surface area contributed by atoms with Crippen molar-refractivity contribution in [2.75, 3.05) is 5.32 Å². The van der Waals surface area contributed by atoms with Gasteiger partial charge in [0.2, 0.25) is 5.69 Å². The standard InChI is InChI=1S/C10H12N2O/c1-8(2)12-10-6-4-3-5-9(10)11-7-13/h3-6,8,12H,1-2H3/p+1. The molecule has 13 heavy (non-hydrogen) atoms. The highest BCUT2D eigenvalue weighted by molar-refractivity contribution is 5.61. The Balaban J connectivity index is 2.97. The molecule has 1 aromatic rings. The monoisotopic (exact) mass is 177 g/mol. The van der Waals surface area contributed by atoms with Crippen LogP contribution in [-0.2, 0) is 4.79 Å². The number of carbonyl (C=O) groups excluding carboxylic acids is 1. The number of benzene rings is 1. The van der Waals surface area contributed by atoms with Gasteiger partial charge in [-0.15, -0.1) is 4.99 Å². The lowest BCUT2D eigenvalue weighted by Gasteiger charge is -2.08. The van der Waals surface area contributed by atoms with Gasteiger partial charge < -0.3 is 5.32 Å². The Labute approximate surface area is 77.5 Å². The van der Waals surface area contributed by atoms with Crippen LogP contribution in [0.5, 0.6) is 0 Å². The molecule has 0 atom stereocenters. The van der Waals surface area contributed by atoms with Crippen molar-refractivity contribution < 1.29 is 9.79 Å². The molecule has 3 heteroatoms. The molecule has 0 aliphatic carbocycles. The second-order valence-corrected chi connectivity index (χ2v) is 3.07. The van der Waals surface area contributed by atoms with E-state index in [4.69, 9.17) is 0 Å². The minimum absolute atomic E-state index is 0.342. The molecular formula is C10H13N2O+. The molecule has 1 rings (SSSR count). The van der Waals surface area contributed by atoms with Crippen LogP contribution < -0.4 is 10.3 Å². The maximum Gasteiger partial charge on any atom is 0.428 e. The van der Waals surface area contributed by atoms with Gasteiger partial charge in [0, 0.05) is 12.1 Å². The van der Waals surface area contributed by atoms with Gasteiger partial charge in [0.05, 0.1) is 0 Å². The molecule has 0 aliphatic rings. The van der Waals surface area contributed by atoms with Crippen molar-refractivity contribution in [2.45, 2.75) is 19.9 Å². The summed E-state index contributed by atoms with van der Waals surface area (Å²) >= 11 is 0. The molecule has 0 radical (unpaired) electrons. The largest absolute Gasteiger partial charge is 0.428 e. The minimum Gasteiger partial charge on any atom is -0.377 e. The maximum atomic E-state index is 10.1. The van der Waals surface area contributed by atoms with E-state index >= 15 is 0 Å². The Hall–Kier alpha value is -1.60. The number of isocyanates is 1. The second kappa shape index (κ2) is 4.43. The van der Waals surface area contributed by atoms with Crippen LogP contribution in [0.3, 0.4) is 0 Å². The van der Waals surface area contributed by atoms with Crippen molar-refractivity contribution in [2.24, 2.45) is 0 Å². The van der Waals surface area contributed by atoms with Crippen LogP contribution in [0.4, 0.5) is 11.4 Å². The van der Waals surface area contributed by atoms with Crippen LogP contribution >= 0.6 is 0 Å². The van der Waals surface area contributed by atoms with Crippen molar-refractivity contribution in [3.8, 4) is 0 Å². The first kappa shape index (κ1) is 9.49. The van der Waals surface area contributed by atoms with E-state index in [0.717, 1.165) is 11.4 Å². The van der Waals surface area contributed by atoms with Crippen molar-refractivity contribution in [3.05, 3.63) is 24.3 Å². The summed E-state index contributed by atoms with van der Waals surface area (Å²) in [6.07, 6.45) is 1.66. The molecule has 0 aromatic heterocycles. The average molecular weight is 177 g/mol. The molecule has 0 unspecified atom stereocenters. The summed E-state index contributed by atoms with van der Waals surface area (Å²) in [5.74, 6) is 0. The van der Waals surface area contributed by atoms with Crippen molar-refractivity contribution >= 4 is 17.5 Å². The maximum absolute atomic E-state index is 10.1. The third kappa shape index (κ3) is 2.73. The molecule has 0 spiro atoms. The lowest BCUT2D eigenvalue weighted by molar-refractivity contribution is -0.349. The third-order valence-electron chi connectivity index (χ3n) is 1.56. The molecule has 2 N–H and O–H groups in total. The zero-order valence-electron chi connectivity index (χ0n) is 7.79. The van der Waals surface area contributed by atoms with Gasteiger partial charge in [-0.1, -0.05) is 12.1 Å². The molecule has 1 aromatic carbocycles. The molecule has 0 saturated heterocycles. The fourth-order valence-corrected chi connectivity index (χ4v) is 1.08. The van der Waals surface area contributed by atoms with Gasteiger partial charge in [-0.2, -0.15) is 4.79 Å². The van der Waals surface area contributed by atoms with Crippen molar-refractivity contribution in [1.29, 1.82) is 0 Å². The van der Waals surface area contributed by atoms with Crippen LogP contribution in [0.15, 0.2) is 24.3 Å². The molecule has 0 bridgehead atoms. The van der Waals surface area contributed by atoms with E-state index in [-0.39, 0.29) is 0 Å². The quantitative estimate of drug-likeness (QED) is 0.523. The predicted octanol–water partition coefficient (Wildman–Crippen LogP) is 0.555. The van der Waals surface area contributed by atoms with E-state index in [9.17, 15) is 4.79 Å². The molecule has 3 nitrogen and oxygen atoms in total. The number of nitrogens with one attached hydrogen (secondary N) is 2. The lowest BCUT2D eigenvalue weighted by Crippen LogP contribution is -2.59. The Kier molecular flexibility index (Phi) is 3.23. The van der Waals surface area contributed by atoms with Crippen LogP contribution in [0.1, 0.15) is 13.8 Å². The van der Waals surface area contributed by atoms with E-state index in [0.29, 0.717) is 6.04 Å². The molecule has 0 amide bonds. The fraction of sp³-hybridized carbons (Fsp3) is 0.300. The minimum atomic E-state index is 0.342. The summed E-state index contributed by atoms with van der Waals surface area (Å²) in [4.78, 5) is 12.7. The van der Waals surface area contributed by atoms with Crippen LogP contribution in [0, 0.1) is 0 Å². The highest BCUT2D eigenvalue weighted by atomic mass is 16.1. The fourth-order valence-electron chi connectivity index (χ4n) is 1.08. The predicted molar refractivity (Wildman–Crippen MR) is 51.5 cm³/mol. The molecule has 0 aliphatic heterocycles. The second-order valence-electron chi connectivity index (χ2n) is 3.07. The van der Waals surface area contributed by atoms with E-state index in [1.165, 1.54) is 0 Å². The summed E-state index contributed by atoms with van der Waals surface area (Å²) in [7, 11) is 0. The van der Waals surface area contributed by atoms with Crippen LogP contribution in [-0.4, -0.2) is 12.1 Å². The van der Waals surface area contributed by atoms with E-state index in [2.05, 4.69) is 10.3 Å². The third-order valence-corrected chi connectivity index (χ3v) is 1.56. The number of para-hydroxylation sites is 2.